The van der Waals surface area contributed by atoms with Crippen molar-refractivity contribution in [2.24, 2.45) is 47.5 Å². The first kappa shape index (κ1) is 47.7. The highest BCUT2D eigenvalue weighted by Gasteiger charge is 2.46. The van der Waals surface area contributed by atoms with E-state index >= 15 is 0 Å². The molecule has 0 unspecified atom stereocenters. The summed E-state index contributed by atoms with van der Waals surface area (Å²) in [7, 11) is 0. The minimum Gasteiger partial charge on any atom is -0.390 e. The topological polar surface area (TPSA) is 206 Å². The van der Waals surface area contributed by atoms with Gasteiger partial charge in [-0.05, 0) is 179 Å². The lowest BCUT2D eigenvalue weighted by Crippen LogP contribution is -2.45. The molecule has 2 saturated heterocycles. The number of amidine groups is 1. The Labute approximate surface area is 391 Å². The van der Waals surface area contributed by atoms with Gasteiger partial charge in [0.25, 0.3) is 0 Å². The number of fused-ring (bicyclic) bond motifs is 2. The molecule has 0 saturated carbocycles. The molecule has 4 N–H and O–H groups in total. The van der Waals surface area contributed by atoms with Gasteiger partial charge in [0.05, 0.1) is 18.8 Å². The van der Waals surface area contributed by atoms with E-state index < -0.39 is 0 Å². The number of aliphatic imine (C=N–C) groups is 1. The predicted octanol–water partition coefficient (Wildman–Crippen LogP) is 8.01. The summed E-state index contributed by atoms with van der Waals surface area (Å²) in [6.45, 7) is 7.74. The van der Waals surface area contributed by atoms with E-state index in [-0.39, 0.29) is 35.2 Å². The predicted molar refractivity (Wildman–Crippen MR) is 267 cm³/mol. The molecule has 1 aliphatic carbocycles. The number of anilines is 1. The zero-order chi connectivity index (χ0) is 45.5. The van der Waals surface area contributed by atoms with Gasteiger partial charge in [-0.1, -0.05) is 36.1 Å². The monoisotopic (exact) mass is 866 g/mol. The summed E-state index contributed by atoms with van der Waals surface area (Å²) in [4.78, 5) is 28.4. The SMILES string of the molecule is CC#CC#CC#CC#CC#CC#CC#CC#CC#CC#CC#CC.N=N/N=N/N=N/N=O.N[C@@H]1c2ccccc2CC12CCN(c1nc3c(nc1CO)C(N1CCCCC1)=NC3)CC2.[HH].[HH].[HH].[HH].[HH].[HH].[HH].[HH].[HH].[HH].[HH].[HH]. The summed E-state index contributed by atoms with van der Waals surface area (Å²) < 4.78 is 0. The number of nitrogens with two attached hydrogens (primary N) is 1. The number of nitrogens with zero attached hydrogens (tertiary/aromatic N) is 11. The summed E-state index contributed by atoms with van der Waals surface area (Å²) in [5.74, 6) is 57.4. The van der Waals surface area contributed by atoms with Gasteiger partial charge in [0.1, 0.15) is 16.7 Å². The van der Waals surface area contributed by atoms with Crippen molar-refractivity contribution < 1.29 is 22.2 Å². The molecule has 1 aromatic carbocycles. The van der Waals surface area contributed by atoms with Crippen LogP contribution in [0.2, 0.25) is 0 Å². The largest absolute Gasteiger partial charge is 0.390 e. The zero-order valence-electron chi connectivity index (χ0n) is 35.2. The molecule has 0 amide bonds. The van der Waals surface area contributed by atoms with Gasteiger partial charge in [0, 0.05) is 83.5 Å². The van der Waals surface area contributed by atoms with Gasteiger partial charge in [-0.15, -0.1) is 4.91 Å². The number of rotatable bonds is 5. The third kappa shape index (κ3) is 14.9. The minimum atomic E-state index is -0.102. The number of aliphatic hydroxyl groups excluding tert-OH is 1. The normalized spacial score (nSPS) is 14.8. The van der Waals surface area contributed by atoms with E-state index in [1.165, 1.54) is 30.4 Å². The van der Waals surface area contributed by atoms with Gasteiger partial charge < -0.3 is 20.6 Å². The lowest BCUT2D eigenvalue weighted by Gasteiger charge is -2.43. The molecule has 4 aliphatic rings. The molecule has 6 rings (SSSR count). The smallest absolute Gasteiger partial charge is 0.153 e. The molecule has 336 valence electrons. The van der Waals surface area contributed by atoms with Crippen LogP contribution in [0.4, 0.5) is 5.82 Å². The first-order chi connectivity index (χ1) is 31.5. The Bertz CT molecular complexity index is 2820. The van der Waals surface area contributed by atoms with E-state index in [1.54, 1.807) is 13.8 Å². The molecular weight excluding hydrogens is 803 g/mol. The molecule has 3 aliphatic heterocycles. The standard InChI is InChI=1S/C25H32N6O.C24H6.HN7O.12H2/c26-22-18-7-3-2-6-17(18)14-25(22)8-12-31(13-9-25)23-20(16-32)28-21-19(29-23)15-27-24(21)30-10-4-1-5-11-30;1-3-5-7-9-11-13-15-17-19-21-23-24-22-20-18-16-14-12-10-8-6-4-2;1-2-3-4-5-6-7-8;;;;;;;;;;;;/h2-3,6-7,22,32H,1,4-5,8-16,26H2;1-2H3;1H;12*1H/b;;2-1?,4-3+,6-5+;;;;;;;;;;;;/t22-;;;;;;;;;;;;;;/m1............../s1. The van der Waals surface area contributed by atoms with Gasteiger partial charge in [-0.25, -0.2) is 9.97 Å². The lowest BCUT2D eigenvalue weighted by molar-refractivity contribution is 0.186. The van der Waals surface area contributed by atoms with Crippen LogP contribution in [0.15, 0.2) is 60.7 Å². The highest BCUT2D eigenvalue weighted by Crippen LogP contribution is 2.51. The molecule has 0 bridgehead atoms. The van der Waals surface area contributed by atoms with E-state index in [9.17, 15) is 5.11 Å². The minimum absolute atomic E-state index is 0. The average Bonchev–Trinajstić information content (AvgIpc) is 3.87. The number of hydrogen-bond acceptors (Lipinski definition) is 9. The molecule has 15 nitrogen and oxygen atoms in total. The van der Waals surface area contributed by atoms with Crippen LogP contribution < -0.4 is 10.6 Å². The van der Waals surface area contributed by atoms with Crippen molar-refractivity contribution in [2.45, 2.75) is 71.6 Å². The van der Waals surface area contributed by atoms with E-state index in [1.807, 2.05) is 5.29 Å². The molecule has 15 heteroatoms. The maximum atomic E-state index is 10.1. The Morgan fingerprint density at radius 2 is 1.23 bits per heavy atom. The van der Waals surface area contributed by atoms with E-state index in [4.69, 9.17) is 31.1 Å². The van der Waals surface area contributed by atoms with E-state index in [0.717, 1.165) is 68.5 Å². The fourth-order valence-electron chi connectivity index (χ4n) is 6.95. The Kier molecular flexibility index (Phi) is 20.7. The fourth-order valence-corrected chi connectivity index (χ4v) is 6.95. The molecule has 0 radical (unpaired) electrons. The number of aromatic nitrogens is 2. The molecular formula is C49H63N13O2. The fraction of sp³-hybridized carbons (Fsp3) is 0.327. The summed E-state index contributed by atoms with van der Waals surface area (Å²) in [5.41, 5.74) is 18.1. The second-order valence-electron chi connectivity index (χ2n) is 13.4. The number of nitroso groups, excluding NO2 is 1. The summed E-state index contributed by atoms with van der Waals surface area (Å²) >= 11 is 0. The van der Waals surface area contributed by atoms with Crippen molar-refractivity contribution in [1.29, 1.82) is 5.53 Å². The number of hydrogen-bond donors (Lipinski definition) is 3. The van der Waals surface area contributed by atoms with Crippen molar-refractivity contribution in [1.82, 2.24) is 14.9 Å². The first-order valence-electron chi connectivity index (χ1n) is 19.7. The van der Waals surface area contributed by atoms with Crippen LogP contribution in [-0.2, 0) is 19.6 Å². The average molecular weight is 866 g/mol. The molecule has 2 fully saturated rings. The highest BCUT2D eigenvalue weighted by atomic mass is 16.3. The number of piperidine rings is 2. The van der Waals surface area contributed by atoms with Crippen molar-refractivity contribution in [3.05, 3.63) is 57.4 Å². The number of benzene rings is 1. The third-order valence-corrected chi connectivity index (χ3v) is 9.70. The summed E-state index contributed by atoms with van der Waals surface area (Å²) in [6.07, 6.45) is 6.81. The summed E-state index contributed by atoms with van der Waals surface area (Å²) in [5, 5.41) is 25.1. The zero-order valence-corrected chi connectivity index (χ0v) is 35.2. The van der Waals surface area contributed by atoms with Crippen molar-refractivity contribution in [2.75, 3.05) is 31.1 Å². The van der Waals surface area contributed by atoms with E-state index in [0.29, 0.717) is 12.2 Å². The first-order valence-corrected chi connectivity index (χ1v) is 19.7. The number of aliphatic hydroxyl groups is 1. The maximum absolute atomic E-state index is 10.1. The van der Waals surface area contributed by atoms with E-state index in [2.05, 4.69) is 190 Å². The van der Waals surface area contributed by atoms with Gasteiger partial charge in [0.15, 0.2) is 11.7 Å². The molecule has 4 heterocycles. The second-order valence-corrected chi connectivity index (χ2v) is 13.4. The van der Waals surface area contributed by atoms with Crippen molar-refractivity contribution in [3.63, 3.8) is 0 Å². The maximum Gasteiger partial charge on any atom is 0.153 e. The van der Waals surface area contributed by atoms with Crippen LogP contribution in [0.25, 0.3) is 0 Å². The van der Waals surface area contributed by atoms with Crippen LogP contribution in [0, 0.1) is 146 Å². The van der Waals surface area contributed by atoms with Gasteiger partial charge in [-0.2, -0.15) is 5.53 Å². The molecule has 1 atom stereocenters. The summed E-state index contributed by atoms with van der Waals surface area (Å²) in [6, 6.07) is 8.74. The molecule has 2 aromatic rings. The quantitative estimate of drug-likeness (QED) is 0.117. The Hall–Kier alpha value is -8.95. The van der Waals surface area contributed by atoms with Gasteiger partial charge in [-0.3, -0.25) is 4.99 Å². The van der Waals surface area contributed by atoms with Crippen LogP contribution in [0.3, 0.4) is 0 Å². The Morgan fingerprint density at radius 1 is 0.719 bits per heavy atom. The van der Waals surface area contributed by atoms with Crippen molar-refractivity contribution in [3.8, 4) is 130 Å². The molecule has 64 heavy (non-hydrogen) atoms. The van der Waals surface area contributed by atoms with Crippen LogP contribution in [0.5, 0.6) is 0 Å². The van der Waals surface area contributed by atoms with Gasteiger partial charge in [0.2, 0.25) is 0 Å². The third-order valence-electron chi connectivity index (χ3n) is 9.70. The van der Waals surface area contributed by atoms with Crippen LogP contribution in [0.1, 0.15) is 97.3 Å². The number of nitrogens with one attached hydrogen (secondary N) is 1. The molecule has 1 aromatic heterocycles. The lowest BCUT2D eigenvalue weighted by atomic mass is 9.73. The van der Waals surface area contributed by atoms with Crippen LogP contribution in [-0.4, -0.2) is 52.0 Å². The van der Waals surface area contributed by atoms with Crippen molar-refractivity contribution >= 4 is 11.7 Å². The molecule has 1 spiro atoms. The Balaban J connectivity index is -0.000000133. The Morgan fingerprint density at radius 3 is 1.72 bits per heavy atom. The number of likely N-dealkylation sites (tertiary alicyclic amines) is 1. The van der Waals surface area contributed by atoms with Gasteiger partial charge >= 0.3 is 0 Å². The highest BCUT2D eigenvalue weighted by molar-refractivity contribution is 6.00. The second kappa shape index (κ2) is 27.7. The van der Waals surface area contributed by atoms with Crippen LogP contribution >= 0.6 is 0 Å².